The molecule has 4 rings (SSSR count). The highest BCUT2D eigenvalue weighted by Gasteiger charge is 2.27. The molecule has 1 N–H and O–H groups in total. The van der Waals surface area contributed by atoms with Gasteiger partial charge in [-0.15, -0.1) is 0 Å². The molecule has 2 fully saturated rings. The summed E-state index contributed by atoms with van der Waals surface area (Å²) in [5, 5.41) is 2.94. The zero-order chi connectivity index (χ0) is 24.1. The molecule has 0 radical (unpaired) electrons. The number of sulfonamides is 1. The molecule has 0 atom stereocenters. The summed E-state index contributed by atoms with van der Waals surface area (Å²) in [5.74, 6) is 0.351. The number of ether oxygens (including phenoxy) is 1. The van der Waals surface area contributed by atoms with Crippen molar-refractivity contribution in [1.82, 2.24) is 4.31 Å². The minimum atomic E-state index is -3.60. The summed E-state index contributed by atoms with van der Waals surface area (Å²) >= 11 is 0. The zero-order valence-corrected chi connectivity index (χ0v) is 21.0. The van der Waals surface area contributed by atoms with Gasteiger partial charge in [0.2, 0.25) is 10.0 Å². The van der Waals surface area contributed by atoms with Crippen molar-refractivity contribution >= 4 is 27.3 Å². The van der Waals surface area contributed by atoms with Crippen LogP contribution in [0.25, 0.3) is 0 Å². The number of carbonyl (C=O) groups is 1. The van der Waals surface area contributed by atoms with Crippen LogP contribution in [0, 0.1) is 13.8 Å². The van der Waals surface area contributed by atoms with Crippen molar-refractivity contribution in [3.63, 3.8) is 0 Å². The molecule has 0 bridgehead atoms. The first kappa shape index (κ1) is 24.5. The first-order valence-electron chi connectivity index (χ1n) is 12.2. The summed E-state index contributed by atoms with van der Waals surface area (Å²) in [6, 6.07) is 10.9. The number of hydrogen-bond donors (Lipinski definition) is 1. The Bertz CT molecular complexity index is 1120. The molecule has 7 nitrogen and oxygen atoms in total. The Morgan fingerprint density at radius 3 is 2.26 bits per heavy atom. The molecule has 0 aromatic heterocycles. The van der Waals surface area contributed by atoms with Gasteiger partial charge < -0.3 is 15.0 Å². The number of carbonyl (C=O) groups excluding carboxylic acids is 1. The Labute approximate surface area is 203 Å². The number of rotatable bonds is 7. The third-order valence-corrected chi connectivity index (χ3v) is 8.48. The Morgan fingerprint density at radius 2 is 1.59 bits per heavy atom. The number of nitrogens with one attached hydrogen (secondary N) is 1. The smallest absolute Gasteiger partial charge is 0.262 e. The second-order valence-corrected chi connectivity index (χ2v) is 11.2. The number of hydrogen-bond acceptors (Lipinski definition) is 5. The van der Waals surface area contributed by atoms with E-state index in [1.807, 2.05) is 38.1 Å². The third kappa shape index (κ3) is 5.73. The summed E-state index contributed by atoms with van der Waals surface area (Å²) in [6.07, 6.45) is 6.16. The molecule has 0 aliphatic carbocycles. The van der Waals surface area contributed by atoms with Crippen LogP contribution < -0.4 is 15.0 Å². The highest BCUT2D eigenvalue weighted by molar-refractivity contribution is 7.89. The van der Waals surface area contributed by atoms with Gasteiger partial charge >= 0.3 is 0 Å². The summed E-state index contributed by atoms with van der Waals surface area (Å²) in [6.45, 7) is 6.68. The monoisotopic (exact) mass is 485 g/mol. The summed E-state index contributed by atoms with van der Waals surface area (Å²) in [4.78, 5) is 15.3. The minimum absolute atomic E-state index is 0.146. The first-order valence-corrected chi connectivity index (χ1v) is 13.7. The van der Waals surface area contributed by atoms with E-state index < -0.39 is 10.0 Å². The summed E-state index contributed by atoms with van der Waals surface area (Å²) < 4.78 is 33.8. The van der Waals surface area contributed by atoms with Gasteiger partial charge in [-0.25, -0.2) is 8.42 Å². The van der Waals surface area contributed by atoms with Crippen LogP contribution in [0.5, 0.6) is 5.75 Å². The lowest BCUT2D eigenvalue weighted by molar-refractivity contribution is -0.118. The predicted molar refractivity (Wildman–Crippen MR) is 135 cm³/mol. The molecule has 8 heteroatoms. The summed E-state index contributed by atoms with van der Waals surface area (Å²) in [7, 11) is -3.60. The van der Waals surface area contributed by atoms with Crippen LogP contribution >= 0.6 is 0 Å². The van der Waals surface area contributed by atoms with Crippen LogP contribution in [-0.4, -0.2) is 51.4 Å². The maximum absolute atomic E-state index is 13.3. The molecule has 2 aromatic carbocycles. The highest BCUT2D eigenvalue weighted by Crippen LogP contribution is 2.33. The van der Waals surface area contributed by atoms with Crippen molar-refractivity contribution < 1.29 is 17.9 Å². The molecule has 1 amide bonds. The number of amides is 1. The predicted octanol–water partition coefficient (Wildman–Crippen LogP) is 4.49. The van der Waals surface area contributed by atoms with Crippen LogP contribution in [0.15, 0.2) is 41.3 Å². The molecule has 2 heterocycles. The lowest BCUT2D eigenvalue weighted by atomic mass is 10.1. The van der Waals surface area contributed by atoms with Crippen LogP contribution in [0.4, 0.5) is 11.4 Å². The van der Waals surface area contributed by atoms with Crippen LogP contribution in [0.3, 0.4) is 0 Å². The number of aryl methyl sites for hydroxylation is 2. The SMILES string of the molecule is Cc1ccc(OCC(=O)Nc2cc(S(=O)(=O)N3CCCCC3)ccc2N2CCCCC2)c(C)c1. The molecule has 0 unspecified atom stereocenters. The van der Waals surface area contributed by atoms with E-state index in [0.717, 1.165) is 62.0 Å². The number of anilines is 2. The van der Waals surface area contributed by atoms with Gasteiger partial charge in [-0.1, -0.05) is 24.1 Å². The molecule has 2 aliphatic rings. The molecular weight excluding hydrogens is 450 g/mol. The molecular formula is C26H35N3O4S. The van der Waals surface area contributed by atoms with Gasteiger partial charge in [-0.2, -0.15) is 4.31 Å². The van der Waals surface area contributed by atoms with Crippen LogP contribution in [0.2, 0.25) is 0 Å². The quantitative estimate of drug-likeness (QED) is 0.625. The number of piperidine rings is 2. The fourth-order valence-electron chi connectivity index (χ4n) is 4.73. The van der Waals surface area contributed by atoms with Gasteiger partial charge in [0.1, 0.15) is 5.75 Å². The van der Waals surface area contributed by atoms with Crippen molar-refractivity contribution in [3.8, 4) is 5.75 Å². The van der Waals surface area contributed by atoms with Crippen molar-refractivity contribution in [3.05, 3.63) is 47.5 Å². The molecule has 2 saturated heterocycles. The van der Waals surface area contributed by atoms with Gasteiger partial charge in [0.05, 0.1) is 16.3 Å². The van der Waals surface area contributed by atoms with Gasteiger partial charge in [-0.05, 0) is 75.8 Å². The molecule has 2 aromatic rings. The topological polar surface area (TPSA) is 78.9 Å². The lowest BCUT2D eigenvalue weighted by Crippen LogP contribution is -2.36. The average Bonchev–Trinajstić information content (AvgIpc) is 2.84. The molecule has 0 saturated carbocycles. The lowest BCUT2D eigenvalue weighted by Gasteiger charge is -2.31. The average molecular weight is 486 g/mol. The van der Waals surface area contributed by atoms with Crippen LogP contribution in [0.1, 0.15) is 49.7 Å². The van der Waals surface area contributed by atoms with Gasteiger partial charge in [0, 0.05) is 26.2 Å². The number of benzene rings is 2. The second-order valence-electron chi connectivity index (χ2n) is 9.30. The summed E-state index contributed by atoms with van der Waals surface area (Å²) in [5.41, 5.74) is 3.48. The molecule has 2 aliphatic heterocycles. The van der Waals surface area contributed by atoms with Crippen molar-refractivity contribution in [2.75, 3.05) is 43.0 Å². The van der Waals surface area contributed by atoms with Crippen molar-refractivity contribution in [1.29, 1.82) is 0 Å². The normalized spacial score (nSPS) is 17.4. The number of nitrogens with zero attached hydrogens (tertiary/aromatic N) is 2. The fourth-order valence-corrected chi connectivity index (χ4v) is 6.28. The van der Waals surface area contributed by atoms with Crippen molar-refractivity contribution in [2.45, 2.75) is 57.3 Å². The second kappa shape index (κ2) is 10.8. The Morgan fingerprint density at radius 1 is 0.912 bits per heavy atom. The van der Waals surface area contributed by atoms with Gasteiger partial charge in [0.25, 0.3) is 5.91 Å². The van der Waals surface area contributed by atoms with E-state index in [0.29, 0.717) is 24.5 Å². The standard InChI is InChI=1S/C26H35N3O4S/c1-20-9-12-25(21(2)17-20)33-19-26(30)27-23-18-22(34(31,32)29-15-7-4-8-16-29)10-11-24(23)28-13-5-3-6-14-28/h9-12,17-18H,3-8,13-16,19H2,1-2H3,(H,27,30). The Kier molecular flexibility index (Phi) is 7.78. The maximum Gasteiger partial charge on any atom is 0.262 e. The van der Waals surface area contributed by atoms with Crippen molar-refractivity contribution in [2.24, 2.45) is 0 Å². The maximum atomic E-state index is 13.3. The largest absolute Gasteiger partial charge is 0.483 e. The van der Waals surface area contributed by atoms with E-state index in [9.17, 15) is 13.2 Å². The fraction of sp³-hybridized carbons (Fsp3) is 0.500. The van der Waals surface area contributed by atoms with E-state index in [1.54, 1.807) is 16.4 Å². The van der Waals surface area contributed by atoms with E-state index >= 15 is 0 Å². The highest BCUT2D eigenvalue weighted by atomic mass is 32.2. The molecule has 34 heavy (non-hydrogen) atoms. The minimum Gasteiger partial charge on any atom is -0.483 e. The van der Waals surface area contributed by atoms with Gasteiger partial charge in [-0.3, -0.25) is 4.79 Å². The van der Waals surface area contributed by atoms with E-state index in [-0.39, 0.29) is 17.4 Å². The Balaban J connectivity index is 1.56. The first-order chi connectivity index (χ1) is 16.3. The zero-order valence-electron chi connectivity index (χ0n) is 20.2. The Hall–Kier alpha value is -2.58. The van der Waals surface area contributed by atoms with E-state index in [4.69, 9.17) is 4.74 Å². The molecule has 0 spiro atoms. The molecule has 184 valence electrons. The van der Waals surface area contributed by atoms with E-state index in [2.05, 4.69) is 10.2 Å². The van der Waals surface area contributed by atoms with Crippen LogP contribution in [-0.2, 0) is 14.8 Å². The van der Waals surface area contributed by atoms with Gasteiger partial charge in [0.15, 0.2) is 6.61 Å². The van der Waals surface area contributed by atoms with E-state index in [1.165, 1.54) is 6.42 Å². The third-order valence-electron chi connectivity index (χ3n) is 6.58.